The van der Waals surface area contributed by atoms with Crippen molar-refractivity contribution >= 4 is 44.8 Å². The first-order valence-corrected chi connectivity index (χ1v) is 6.96. The molecule has 0 aliphatic heterocycles. The van der Waals surface area contributed by atoms with Crippen LogP contribution in [0.2, 0.25) is 10.2 Å². The summed E-state index contributed by atoms with van der Waals surface area (Å²) >= 11 is 15.5. The summed E-state index contributed by atoms with van der Waals surface area (Å²) in [7, 11) is 0. The summed E-state index contributed by atoms with van der Waals surface area (Å²) in [5.41, 5.74) is 1.39. The van der Waals surface area contributed by atoms with Crippen molar-refractivity contribution < 1.29 is 0 Å². The molecular formula is C12H7BrCl2N4. The maximum absolute atomic E-state index is 6.15. The summed E-state index contributed by atoms with van der Waals surface area (Å²) < 4.78 is 2.25. The van der Waals surface area contributed by atoms with Gasteiger partial charge < -0.3 is 0 Å². The second kappa shape index (κ2) is 4.74. The molecular weight excluding hydrogens is 351 g/mol. The van der Waals surface area contributed by atoms with E-state index in [-0.39, 0.29) is 0 Å². The van der Waals surface area contributed by atoms with Crippen molar-refractivity contribution in [2.24, 2.45) is 0 Å². The van der Waals surface area contributed by atoms with Gasteiger partial charge in [-0.05, 0) is 35.0 Å². The van der Waals surface area contributed by atoms with E-state index < -0.39 is 0 Å². The number of hydrogen-bond donors (Lipinski definition) is 0. The van der Waals surface area contributed by atoms with Crippen molar-refractivity contribution in [2.75, 3.05) is 0 Å². The van der Waals surface area contributed by atoms with Crippen LogP contribution in [0.15, 0.2) is 28.7 Å². The highest BCUT2D eigenvalue weighted by molar-refractivity contribution is 9.10. The van der Waals surface area contributed by atoms with Crippen LogP contribution in [0.1, 0.15) is 5.82 Å². The zero-order chi connectivity index (χ0) is 13.6. The Morgan fingerprint density at radius 2 is 1.89 bits per heavy atom. The molecule has 4 nitrogen and oxygen atoms in total. The highest BCUT2D eigenvalue weighted by atomic mass is 79.9. The largest absolute Gasteiger partial charge is 0.220 e. The van der Waals surface area contributed by atoms with E-state index in [1.165, 1.54) is 0 Å². The van der Waals surface area contributed by atoms with Crippen molar-refractivity contribution in [3.63, 3.8) is 0 Å². The molecule has 1 aromatic carbocycles. The van der Waals surface area contributed by atoms with Gasteiger partial charge in [0.15, 0.2) is 11.5 Å². The molecule has 0 aliphatic carbocycles. The van der Waals surface area contributed by atoms with Crippen LogP contribution < -0.4 is 0 Å². The highest BCUT2D eigenvalue weighted by Gasteiger charge is 2.15. The number of aryl methyl sites for hydroxylation is 1. The summed E-state index contributed by atoms with van der Waals surface area (Å²) in [6, 6.07) is 7.42. The number of aromatic nitrogens is 4. The molecule has 0 saturated carbocycles. The summed E-state index contributed by atoms with van der Waals surface area (Å²) in [5.74, 6) is 1.20. The zero-order valence-corrected chi connectivity index (χ0v) is 12.8. The van der Waals surface area contributed by atoms with E-state index in [9.17, 15) is 0 Å². The first-order valence-electron chi connectivity index (χ1n) is 5.41. The Morgan fingerprint density at radius 3 is 2.63 bits per heavy atom. The molecule has 7 heteroatoms. The Balaban J connectivity index is 2.31. The molecule has 0 aliphatic rings. The van der Waals surface area contributed by atoms with Gasteiger partial charge in [0, 0.05) is 5.56 Å². The maximum Gasteiger partial charge on any atom is 0.183 e. The Hall–Kier alpha value is -1.17. The van der Waals surface area contributed by atoms with E-state index in [4.69, 9.17) is 23.2 Å². The lowest BCUT2D eigenvalue weighted by Crippen LogP contribution is -1.98. The van der Waals surface area contributed by atoms with Crippen LogP contribution in [0.3, 0.4) is 0 Å². The SMILES string of the molecule is Cc1nc(Cl)c(Br)c2nc(-c3ccccc3Cl)nn12. The summed E-state index contributed by atoms with van der Waals surface area (Å²) in [4.78, 5) is 8.64. The lowest BCUT2D eigenvalue weighted by molar-refractivity contribution is 0.863. The summed E-state index contributed by atoms with van der Waals surface area (Å²) in [6.07, 6.45) is 0. The van der Waals surface area contributed by atoms with Crippen LogP contribution in [0.25, 0.3) is 17.0 Å². The van der Waals surface area contributed by atoms with E-state index in [1.54, 1.807) is 10.6 Å². The normalized spacial score (nSPS) is 11.2. The van der Waals surface area contributed by atoms with Crippen molar-refractivity contribution in [3.05, 3.63) is 44.7 Å². The van der Waals surface area contributed by atoms with Gasteiger partial charge in [-0.15, -0.1) is 5.10 Å². The molecule has 0 radical (unpaired) electrons. The van der Waals surface area contributed by atoms with Gasteiger partial charge in [0.1, 0.15) is 11.0 Å². The van der Waals surface area contributed by atoms with E-state index >= 15 is 0 Å². The van der Waals surface area contributed by atoms with Crippen molar-refractivity contribution in [2.45, 2.75) is 6.92 Å². The molecule has 0 spiro atoms. The average Bonchev–Trinajstić information content (AvgIpc) is 2.82. The van der Waals surface area contributed by atoms with Gasteiger partial charge >= 0.3 is 0 Å². The molecule has 0 amide bonds. The van der Waals surface area contributed by atoms with Gasteiger partial charge in [-0.3, -0.25) is 0 Å². The average molecular weight is 358 g/mol. The van der Waals surface area contributed by atoms with Gasteiger partial charge in [-0.2, -0.15) is 4.52 Å². The third-order valence-corrected chi connectivity index (χ3v) is 4.23. The zero-order valence-electron chi connectivity index (χ0n) is 9.73. The van der Waals surface area contributed by atoms with Crippen LogP contribution in [0.4, 0.5) is 0 Å². The second-order valence-corrected chi connectivity index (χ2v) is 5.47. The van der Waals surface area contributed by atoms with Gasteiger partial charge in [0.2, 0.25) is 0 Å². The molecule has 0 N–H and O–H groups in total. The smallest absolute Gasteiger partial charge is 0.183 e. The standard InChI is InChI=1S/C12H7BrCl2N4/c1-6-16-10(15)9(13)12-17-11(18-19(6)12)7-4-2-3-5-8(7)14/h2-5H,1H3. The van der Waals surface area contributed by atoms with Crippen LogP contribution in [-0.2, 0) is 0 Å². The minimum absolute atomic E-state index is 0.364. The highest BCUT2D eigenvalue weighted by Crippen LogP contribution is 2.29. The summed E-state index contributed by atoms with van der Waals surface area (Å²) in [5, 5.41) is 5.38. The van der Waals surface area contributed by atoms with Crippen LogP contribution >= 0.6 is 39.1 Å². The minimum atomic E-state index is 0.364. The Kier molecular flexibility index (Phi) is 3.20. The molecule has 0 atom stereocenters. The van der Waals surface area contributed by atoms with Gasteiger partial charge in [-0.1, -0.05) is 35.3 Å². The van der Waals surface area contributed by atoms with Crippen LogP contribution in [-0.4, -0.2) is 19.6 Å². The lowest BCUT2D eigenvalue weighted by atomic mass is 10.2. The molecule has 3 aromatic rings. The van der Waals surface area contributed by atoms with Crippen molar-refractivity contribution in [1.82, 2.24) is 19.6 Å². The van der Waals surface area contributed by atoms with Crippen LogP contribution in [0.5, 0.6) is 0 Å². The molecule has 96 valence electrons. The molecule has 2 aromatic heterocycles. The quantitative estimate of drug-likeness (QED) is 0.614. The van der Waals surface area contributed by atoms with Gasteiger partial charge in [0.05, 0.1) is 9.50 Å². The van der Waals surface area contributed by atoms with Gasteiger partial charge in [-0.25, -0.2) is 9.97 Å². The molecule has 3 rings (SSSR count). The summed E-state index contributed by atoms with van der Waals surface area (Å²) in [6.45, 7) is 1.82. The number of fused-ring (bicyclic) bond motifs is 1. The number of hydrogen-bond acceptors (Lipinski definition) is 3. The fraction of sp³-hybridized carbons (Fsp3) is 0.0833. The van der Waals surface area contributed by atoms with Crippen molar-refractivity contribution in [1.29, 1.82) is 0 Å². The fourth-order valence-electron chi connectivity index (χ4n) is 1.77. The van der Waals surface area contributed by atoms with E-state index in [2.05, 4.69) is 31.0 Å². The predicted octanol–water partition coefficient (Wildman–Crippen LogP) is 4.17. The van der Waals surface area contributed by atoms with Gasteiger partial charge in [0.25, 0.3) is 0 Å². The topological polar surface area (TPSA) is 43.1 Å². The molecule has 2 heterocycles. The Labute approximate surface area is 127 Å². The Morgan fingerprint density at radius 1 is 1.16 bits per heavy atom. The van der Waals surface area contributed by atoms with E-state index in [0.29, 0.717) is 31.9 Å². The molecule has 0 saturated heterocycles. The van der Waals surface area contributed by atoms with Crippen LogP contribution in [0, 0.1) is 6.92 Å². The number of nitrogens with zero attached hydrogens (tertiary/aromatic N) is 4. The molecule has 0 bridgehead atoms. The number of halogens is 3. The number of benzene rings is 1. The van der Waals surface area contributed by atoms with E-state index in [1.807, 2.05) is 25.1 Å². The fourth-order valence-corrected chi connectivity index (χ4v) is 2.54. The molecule has 0 fully saturated rings. The maximum atomic E-state index is 6.15. The predicted molar refractivity (Wildman–Crippen MR) is 78.7 cm³/mol. The molecule has 0 unspecified atom stereocenters. The van der Waals surface area contributed by atoms with E-state index in [0.717, 1.165) is 5.56 Å². The Bertz CT molecular complexity index is 785. The number of rotatable bonds is 1. The monoisotopic (exact) mass is 356 g/mol. The van der Waals surface area contributed by atoms with Crippen molar-refractivity contribution in [3.8, 4) is 11.4 Å². The second-order valence-electron chi connectivity index (χ2n) is 3.91. The first-order chi connectivity index (χ1) is 9.08. The lowest BCUT2D eigenvalue weighted by Gasteiger charge is -2.00. The minimum Gasteiger partial charge on any atom is -0.220 e. The third-order valence-electron chi connectivity index (χ3n) is 2.67. The molecule has 19 heavy (non-hydrogen) atoms. The first kappa shape index (κ1) is 12.8. The third kappa shape index (κ3) is 2.12.